The fourth-order valence-electron chi connectivity index (χ4n) is 2.61. The van der Waals surface area contributed by atoms with E-state index in [4.69, 9.17) is 5.73 Å². The highest BCUT2D eigenvalue weighted by molar-refractivity contribution is 5.92. The minimum Gasteiger partial charge on any atom is -0.327 e. The van der Waals surface area contributed by atoms with Gasteiger partial charge in [0.25, 0.3) is 0 Å². The van der Waals surface area contributed by atoms with Crippen molar-refractivity contribution < 1.29 is 13.6 Å². The van der Waals surface area contributed by atoms with Gasteiger partial charge in [-0.05, 0) is 24.0 Å². The average molecular weight is 297 g/mol. The van der Waals surface area contributed by atoms with Crippen molar-refractivity contribution in [2.45, 2.75) is 26.3 Å². The summed E-state index contributed by atoms with van der Waals surface area (Å²) in [7, 11) is 0. The van der Waals surface area contributed by atoms with Crippen molar-refractivity contribution in [1.29, 1.82) is 0 Å². The van der Waals surface area contributed by atoms with Gasteiger partial charge in [0.1, 0.15) is 11.6 Å². The molecule has 1 fully saturated rings. The van der Waals surface area contributed by atoms with E-state index in [0.717, 1.165) is 31.2 Å². The Morgan fingerprint density at radius 1 is 1.48 bits per heavy atom. The minimum absolute atomic E-state index is 0.0668. The average Bonchev–Trinajstić information content (AvgIpc) is 2.38. The first kappa shape index (κ1) is 15.9. The molecule has 1 aliphatic rings. The van der Waals surface area contributed by atoms with E-state index >= 15 is 0 Å². The molecular formula is C15H21F2N3O. The number of anilines is 1. The highest BCUT2D eigenvalue weighted by Crippen LogP contribution is 2.27. The van der Waals surface area contributed by atoms with Crippen molar-refractivity contribution >= 4 is 11.6 Å². The van der Waals surface area contributed by atoms with Crippen LogP contribution in [0.3, 0.4) is 0 Å². The normalized spacial score (nSPS) is 22.0. The molecule has 0 aromatic heterocycles. The third kappa shape index (κ3) is 3.98. The number of rotatable bonds is 3. The molecule has 1 atom stereocenters. The first-order valence-corrected chi connectivity index (χ1v) is 7.01. The molecule has 116 valence electrons. The van der Waals surface area contributed by atoms with Crippen LogP contribution in [0.2, 0.25) is 0 Å². The monoisotopic (exact) mass is 297 g/mol. The number of halogens is 2. The van der Waals surface area contributed by atoms with E-state index in [-0.39, 0.29) is 29.6 Å². The summed E-state index contributed by atoms with van der Waals surface area (Å²) < 4.78 is 26.5. The van der Waals surface area contributed by atoms with Gasteiger partial charge in [-0.3, -0.25) is 9.69 Å². The van der Waals surface area contributed by atoms with Crippen LogP contribution >= 0.6 is 0 Å². The van der Waals surface area contributed by atoms with E-state index in [1.165, 1.54) is 0 Å². The molecule has 3 N–H and O–H groups in total. The Labute approximate surface area is 123 Å². The van der Waals surface area contributed by atoms with Crippen LogP contribution in [0.15, 0.2) is 18.2 Å². The summed E-state index contributed by atoms with van der Waals surface area (Å²) in [6.07, 6.45) is 0.814. The summed E-state index contributed by atoms with van der Waals surface area (Å²) in [5, 5.41) is 2.41. The Morgan fingerprint density at radius 3 is 2.86 bits per heavy atom. The summed E-state index contributed by atoms with van der Waals surface area (Å²) in [5.74, 6) is -1.59. The largest absolute Gasteiger partial charge is 0.327 e. The van der Waals surface area contributed by atoms with Gasteiger partial charge in [-0.1, -0.05) is 13.8 Å². The van der Waals surface area contributed by atoms with Gasteiger partial charge in [0, 0.05) is 25.2 Å². The third-order valence-corrected chi connectivity index (χ3v) is 3.96. The standard InChI is InChI=1S/C15H21F2N3O/c1-15(2)9-20(6-5-13(15)18)8-14(21)19-12-7-10(16)3-4-11(12)17/h3-4,7,13H,5-6,8-9,18H2,1-2H3,(H,19,21). The highest BCUT2D eigenvalue weighted by atomic mass is 19.1. The molecular weight excluding hydrogens is 276 g/mol. The summed E-state index contributed by atoms with van der Waals surface area (Å²) >= 11 is 0. The molecule has 2 rings (SSSR count). The fourth-order valence-corrected chi connectivity index (χ4v) is 2.61. The van der Waals surface area contributed by atoms with Crippen LogP contribution in [-0.2, 0) is 4.79 Å². The Kier molecular flexibility index (Phi) is 4.58. The van der Waals surface area contributed by atoms with Crippen molar-refractivity contribution in [2.24, 2.45) is 11.1 Å². The number of carbonyl (C=O) groups is 1. The quantitative estimate of drug-likeness (QED) is 0.896. The Bertz CT molecular complexity index is 534. The van der Waals surface area contributed by atoms with Crippen molar-refractivity contribution in [2.75, 3.05) is 25.0 Å². The molecule has 4 nitrogen and oxygen atoms in total. The SMILES string of the molecule is CC1(C)CN(CC(=O)Nc2cc(F)ccc2F)CCC1N. The number of hydrogen-bond donors (Lipinski definition) is 2. The van der Waals surface area contributed by atoms with Crippen molar-refractivity contribution in [1.82, 2.24) is 4.90 Å². The predicted molar refractivity (Wildman–Crippen MR) is 77.8 cm³/mol. The number of piperidine rings is 1. The first-order valence-electron chi connectivity index (χ1n) is 7.01. The van der Waals surface area contributed by atoms with Crippen LogP contribution in [0.4, 0.5) is 14.5 Å². The second-order valence-corrected chi connectivity index (χ2v) is 6.27. The number of nitrogens with one attached hydrogen (secondary N) is 1. The molecule has 1 aliphatic heterocycles. The summed E-state index contributed by atoms with van der Waals surface area (Å²) in [5.41, 5.74) is 5.85. The Balaban J connectivity index is 1.95. The molecule has 1 heterocycles. The molecule has 0 aliphatic carbocycles. The molecule has 0 saturated carbocycles. The molecule has 1 unspecified atom stereocenters. The van der Waals surface area contributed by atoms with Gasteiger partial charge >= 0.3 is 0 Å². The lowest BCUT2D eigenvalue weighted by Gasteiger charge is -2.42. The summed E-state index contributed by atoms with van der Waals surface area (Å²) in [4.78, 5) is 13.9. The van der Waals surface area contributed by atoms with E-state index in [1.54, 1.807) is 0 Å². The van der Waals surface area contributed by atoms with Gasteiger partial charge in [-0.25, -0.2) is 8.78 Å². The van der Waals surface area contributed by atoms with Gasteiger partial charge in [-0.2, -0.15) is 0 Å². The van der Waals surface area contributed by atoms with E-state index in [0.29, 0.717) is 6.54 Å². The third-order valence-electron chi connectivity index (χ3n) is 3.96. The Hall–Kier alpha value is -1.53. The number of likely N-dealkylation sites (tertiary alicyclic amines) is 1. The zero-order chi connectivity index (χ0) is 15.6. The lowest BCUT2D eigenvalue weighted by Crippen LogP contribution is -2.53. The zero-order valence-corrected chi connectivity index (χ0v) is 12.3. The van der Waals surface area contributed by atoms with Crippen molar-refractivity contribution in [3.05, 3.63) is 29.8 Å². The molecule has 21 heavy (non-hydrogen) atoms. The highest BCUT2D eigenvalue weighted by Gasteiger charge is 2.33. The number of carbonyl (C=O) groups excluding carboxylic acids is 1. The Morgan fingerprint density at radius 2 is 2.19 bits per heavy atom. The van der Waals surface area contributed by atoms with Gasteiger partial charge in [0.2, 0.25) is 5.91 Å². The van der Waals surface area contributed by atoms with Crippen LogP contribution in [0.1, 0.15) is 20.3 Å². The molecule has 1 aromatic carbocycles. The molecule has 0 spiro atoms. The van der Waals surface area contributed by atoms with E-state index < -0.39 is 11.6 Å². The van der Waals surface area contributed by atoms with Gasteiger partial charge in [0.05, 0.1) is 12.2 Å². The zero-order valence-electron chi connectivity index (χ0n) is 12.3. The number of nitrogens with two attached hydrogens (primary N) is 1. The van der Waals surface area contributed by atoms with E-state index in [1.807, 2.05) is 4.90 Å². The number of hydrogen-bond acceptors (Lipinski definition) is 3. The lowest BCUT2D eigenvalue weighted by molar-refractivity contribution is -0.118. The van der Waals surface area contributed by atoms with Gasteiger partial charge < -0.3 is 11.1 Å². The van der Waals surface area contributed by atoms with Crippen molar-refractivity contribution in [3.63, 3.8) is 0 Å². The smallest absolute Gasteiger partial charge is 0.238 e. The maximum Gasteiger partial charge on any atom is 0.238 e. The van der Waals surface area contributed by atoms with Crippen LogP contribution < -0.4 is 11.1 Å². The number of amides is 1. The van der Waals surface area contributed by atoms with Crippen molar-refractivity contribution in [3.8, 4) is 0 Å². The van der Waals surface area contributed by atoms with Crippen LogP contribution in [0.5, 0.6) is 0 Å². The van der Waals surface area contributed by atoms with Crippen LogP contribution in [-0.4, -0.2) is 36.5 Å². The van der Waals surface area contributed by atoms with E-state index in [2.05, 4.69) is 19.2 Å². The maximum atomic E-state index is 13.5. The second-order valence-electron chi connectivity index (χ2n) is 6.27. The van der Waals surface area contributed by atoms with Crippen LogP contribution in [0, 0.1) is 17.0 Å². The molecule has 0 radical (unpaired) electrons. The summed E-state index contributed by atoms with van der Waals surface area (Å²) in [6.45, 7) is 5.70. The van der Waals surface area contributed by atoms with Gasteiger partial charge in [-0.15, -0.1) is 0 Å². The minimum atomic E-state index is -0.647. The van der Waals surface area contributed by atoms with E-state index in [9.17, 15) is 13.6 Å². The summed E-state index contributed by atoms with van der Waals surface area (Å²) in [6, 6.07) is 3.09. The lowest BCUT2D eigenvalue weighted by atomic mass is 9.80. The predicted octanol–water partition coefficient (Wildman–Crippen LogP) is 1.96. The topological polar surface area (TPSA) is 58.4 Å². The number of nitrogens with zero attached hydrogens (tertiary/aromatic N) is 1. The second kappa shape index (κ2) is 6.07. The first-order chi connectivity index (χ1) is 9.78. The molecule has 1 amide bonds. The fraction of sp³-hybridized carbons (Fsp3) is 0.533. The maximum absolute atomic E-state index is 13.5. The molecule has 1 saturated heterocycles. The molecule has 6 heteroatoms. The molecule has 1 aromatic rings. The van der Waals surface area contributed by atoms with Crippen LogP contribution in [0.25, 0.3) is 0 Å². The molecule has 0 bridgehead atoms. The number of benzene rings is 1. The van der Waals surface area contributed by atoms with Gasteiger partial charge in [0.15, 0.2) is 0 Å².